The van der Waals surface area contributed by atoms with Crippen LogP contribution in [0.25, 0.3) is 0 Å². The lowest BCUT2D eigenvalue weighted by atomic mass is 9.80. The Morgan fingerprint density at radius 3 is 1.35 bits per heavy atom. The maximum atomic E-state index is 14.1. The standard InChI is InChI=1S/C18H26F14N2O2S/c1-34(2)8-5-7-33-37(35,36)9-4-3-6-12(10-13(19,15(21,22)23)16(24,25)26)11-14(20,17(27,28)29)18(30,31)32/h12,33H,3-11H2,1-2H3. The van der Waals surface area contributed by atoms with Gasteiger partial charge in [-0.05, 0) is 39.4 Å². The van der Waals surface area contributed by atoms with Crippen LogP contribution in [0.4, 0.5) is 61.5 Å². The molecule has 0 radical (unpaired) electrons. The zero-order valence-electron chi connectivity index (χ0n) is 19.4. The molecule has 0 aliphatic heterocycles. The van der Waals surface area contributed by atoms with Crippen LogP contribution in [0.15, 0.2) is 0 Å². The van der Waals surface area contributed by atoms with Gasteiger partial charge in [-0.1, -0.05) is 12.8 Å². The highest BCUT2D eigenvalue weighted by Crippen LogP contribution is 2.55. The van der Waals surface area contributed by atoms with E-state index in [1.807, 2.05) is 0 Å². The van der Waals surface area contributed by atoms with Crippen LogP contribution in [0.2, 0.25) is 0 Å². The maximum Gasteiger partial charge on any atom is 0.431 e. The van der Waals surface area contributed by atoms with Crippen molar-refractivity contribution < 1.29 is 69.9 Å². The molecule has 4 nitrogen and oxygen atoms in total. The van der Waals surface area contributed by atoms with E-state index in [4.69, 9.17) is 0 Å². The third-order valence-electron chi connectivity index (χ3n) is 5.32. The summed E-state index contributed by atoms with van der Waals surface area (Å²) in [5, 5.41) is 0. The van der Waals surface area contributed by atoms with E-state index in [9.17, 15) is 69.9 Å². The Labute approximate surface area is 203 Å². The fourth-order valence-electron chi connectivity index (χ4n) is 3.28. The zero-order chi connectivity index (χ0) is 29.7. The molecule has 224 valence electrons. The number of hydrogen-bond acceptors (Lipinski definition) is 3. The van der Waals surface area contributed by atoms with Crippen molar-refractivity contribution in [2.24, 2.45) is 5.92 Å². The van der Waals surface area contributed by atoms with E-state index in [2.05, 4.69) is 4.72 Å². The highest BCUT2D eigenvalue weighted by Gasteiger charge is 2.75. The van der Waals surface area contributed by atoms with Crippen molar-refractivity contribution in [2.75, 3.05) is 32.9 Å². The Kier molecular flexibility index (Phi) is 12.0. The van der Waals surface area contributed by atoms with Gasteiger partial charge in [-0.2, -0.15) is 52.7 Å². The number of sulfonamides is 1. The summed E-state index contributed by atoms with van der Waals surface area (Å²) in [4.78, 5) is 1.70. The number of alkyl halides is 14. The molecule has 0 aliphatic carbocycles. The van der Waals surface area contributed by atoms with Crippen LogP contribution in [-0.4, -0.2) is 82.3 Å². The smallest absolute Gasteiger partial charge is 0.309 e. The van der Waals surface area contributed by atoms with Crippen LogP contribution in [0.1, 0.15) is 38.5 Å². The SMILES string of the molecule is CN(C)CCCNS(=O)(=O)CCCCC(CC(F)(C(F)(F)F)C(F)(F)F)CC(F)(C(F)(F)F)C(F)(F)F. The molecule has 0 aliphatic rings. The minimum atomic E-state index is -6.81. The predicted octanol–water partition coefficient (Wildman–Crippen LogP) is 6.09. The Hall–Kier alpha value is -1.11. The Bertz CT molecular complexity index is 735. The van der Waals surface area contributed by atoms with Gasteiger partial charge in [0.15, 0.2) is 0 Å². The summed E-state index contributed by atoms with van der Waals surface area (Å²) in [6.07, 6.45) is -35.8. The summed E-state index contributed by atoms with van der Waals surface area (Å²) in [7, 11) is -0.720. The number of hydrogen-bond donors (Lipinski definition) is 1. The van der Waals surface area contributed by atoms with Crippen LogP contribution >= 0.6 is 0 Å². The second-order valence-corrected chi connectivity index (χ2v) is 10.7. The highest BCUT2D eigenvalue weighted by molar-refractivity contribution is 7.89. The molecule has 0 aromatic heterocycles. The molecular weight excluding hydrogens is 574 g/mol. The average molecular weight is 600 g/mol. The summed E-state index contributed by atoms with van der Waals surface area (Å²) in [6.45, 7) is 0.378. The van der Waals surface area contributed by atoms with E-state index in [1.165, 1.54) is 0 Å². The van der Waals surface area contributed by atoms with Crippen LogP contribution in [0, 0.1) is 5.92 Å². The molecule has 0 atom stereocenters. The molecule has 0 amide bonds. The minimum absolute atomic E-state index is 0.0772. The molecule has 0 bridgehead atoms. The summed E-state index contributed by atoms with van der Waals surface area (Å²) < 4.78 is 209. The molecule has 0 spiro atoms. The van der Waals surface area contributed by atoms with Crippen molar-refractivity contribution in [3.63, 3.8) is 0 Å². The summed E-state index contributed by atoms with van der Waals surface area (Å²) in [5.74, 6) is -3.93. The molecule has 0 fully saturated rings. The monoisotopic (exact) mass is 600 g/mol. The summed E-state index contributed by atoms with van der Waals surface area (Å²) in [6, 6.07) is 0. The Morgan fingerprint density at radius 2 is 1.03 bits per heavy atom. The van der Waals surface area contributed by atoms with E-state index in [0.29, 0.717) is 13.0 Å². The molecule has 0 saturated heterocycles. The van der Waals surface area contributed by atoms with E-state index in [-0.39, 0.29) is 6.54 Å². The lowest BCUT2D eigenvalue weighted by molar-refractivity contribution is -0.356. The number of halogens is 14. The second-order valence-electron chi connectivity index (χ2n) is 8.73. The van der Waals surface area contributed by atoms with Gasteiger partial charge in [-0.25, -0.2) is 21.9 Å². The molecule has 0 aromatic rings. The molecule has 0 unspecified atom stereocenters. The van der Waals surface area contributed by atoms with Gasteiger partial charge in [0.1, 0.15) is 0 Å². The summed E-state index contributed by atoms with van der Waals surface area (Å²) in [5.41, 5.74) is -12.5. The van der Waals surface area contributed by atoms with Gasteiger partial charge in [0.2, 0.25) is 10.0 Å². The van der Waals surface area contributed by atoms with E-state index in [1.54, 1.807) is 19.0 Å². The van der Waals surface area contributed by atoms with Gasteiger partial charge in [-0.3, -0.25) is 0 Å². The normalized spacial score (nSPS) is 15.2. The second kappa shape index (κ2) is 12.4. The minimum Gasteiger partial charge on any atom is -0.309 e. The van der Waals surface area contributed by atoms with E-state index < -0.39 is 89.8 Å². The molecule has 0 rings (SSSR count). The van der Waals surface area contributed by atoms with Gasteiger partial charge in [0, 0.05) is 19.4 Å². The molecule has 0 saturated carbocycles. The average Bonchev–Trinajstić information content (AvgIpc) is 2.64. The quantitative estimate of drug-likeness (QED) is 0.194. The summed E-state index contributed by atoms with van der Waals surface area (Å²) >= 11 is 0. The molecule has 0 aromatic carbocycles. The van der Waals surface area contributed by atoms with Crippen LogP contribution in [-0.2, 0) is 10.0 Å². The molecule has 37 heavy (non-hydrogen) atoms. The fourth-order valence-corrected chi connectivity index (χ4v) is 4.46. The van der Waals surface area contributed by atoms with Gasteiger partial charge < -0.3 is 4.90 Å². The van der Waals surface area contributed by atoms with Crippen molar-refractivity contribution in [1.82, 2.24) is 9.62 Å². The van der Waals surface area contributed by atoms with Crippen LogP contribution in [0.3, 0.4) is 0 Å². The van der Waals surface area contributed by atoms with Crippen molar-refractivity contribution in [1.29, 1.82) is 0 Å². The van der Waals surface area contributed by atoms with Crippen LogP contribution < -0.4 is 4.72 Å². The number of nitrogens with zero attached hydrogens (tertiary/aromatic N) is 1. The van der Waals surface area contributed by atoms with Crippen molar-refractivity contribution in [2.45, 2.75) is 74.6 Å². The Morgan fingerprint density at radius 1 is 0.649 bits per heavy atom. The first-order valence-corrected chi connectivity index (χ1v) is 12.1. The topological polar surface area (TPSA) is 49.4 Å². The van der Waals surface area contributed by atoms with Crippen molar-refractivity contribution in [3.8, 4) is 0 Å². The predicted molar refractivity (Wildman–Crippen MR) is 103 cm³/mol. The lowest BCUT2D eigenvalue weighted by Gasteiger charge is -2.37. The van der Waals surface area contributed by atoms with Gasteiger partial charge in [-0.15, -0.1) is 0 Å². The molecule has 0 heterocycles. The maximum absolute atomic E-state index is 14.1. The third-order valence-corrected chi connectivity index (χ3v) is 6.79. The third kappa shape index (κ3) is 10.2. The number of nitrogens with one attached hydrogen (secondary N) is 1. The van der Waals surface area contributed by atoms with Gasteiger partial charge in [0.05, 0.1) is 5.75 Å². The van der Waals surface area contributed by atoms with Crippen molar-refractivity contribution >= 4 is 10.0 Å². The first kappa shape index (κ1) is 35.9. The first-order valence-electron chi connectivity index (χ1n) is 10.5. The van der Waals surface area contributed by atoms with E-state index in [0.717, 1.165) is 0 Å². The number of unbranched alkanes of at least 4 members (excludes halogenated alkanes) is 1. The van der Waals surface area contributed by atoms with Gasteiger partial charge >= 0.3 is 24.7 Å². The molecule has 1 N–H and O–H groups in total. The molecular formula is C18H26F14N2O2S. The van der Waals surface area contributed by atoms with Crippen LogP contribution in [0.5, 0.6) is 0 Å². The molecule has 19 heteroatoms. The lowest BCUT2D eigenvalue weighted by Crippen LogP contribution is -2.57. The zero-order valence-corrected chi connectivity index (χ0v) is 20.2. The first-order chi connectivity index (χ1) is 16.2. The van der Waals surface area contributed by atoms with Crippen molar-refractivity contribution in [3.05, 3.63) is 0 Å². The Balaban J connectivity index is 5.78. The number of rotatable bonds is 14. The van der Waals surface area contributed by atoms with E-state index >= 15 is 0 Å². The van der Waals surface area contributed by atoms with Gasteiger partial charge in [0.25, 0.3) is 11.3 Å². The highest BCUT2D eigenvalue weighted by atomic mass is 32.2. The largest absolute Gasteiger partial charge is 0.431 e. The fraction of sp³-hybridized carbons (Fsp3) is 1.00.